The lowest BCUT2D eigenvalue weighted by atomic mass is 10.1. The van der Waals surface area contributed by atoms with Gasteiger partial charge in [-0.15, -0.1) is 0 Å². The number of nitrogens with one attached hydrogen (secondary N) is 1. The molecular weight excluding hydrogens is 414 g/mol. The van der Waals surface area contributed by atoms with Crippen LogP contribution in [0.2, 0.25) is 0 Å². The summed E-state index contributed by atoms with van der Waals surface area (Å²) < 4.78 is 13.9. The third-order valence-electron chi connectivity index (χ3n) is 5.25. The summed E-state index contributed by atoms with van der Waals surface area (Å²) in [5.74, 6) is 1.49. The van der Waals surface area contributed by atoms with E-state index < -0.39 is 0 Å². The van der Waals surface area contributed by atoms with Gasteiger partial charge in [0.2, 0.25) is 0 Å². The Morgan fingerprint density at radius 1 is 1.16 bits per heavy atom. The van der Waals surface area contributed by atoms with Crippen molar-refractivity contribution >= 4 is 21.6 Å². The molecule has 1 saturated heterocycles. The predicted molar refractivity (Wildman–Crippen MR) is 119 cm³/mol. The summed E-state index contributed by atoms with van der Waals surface area (Å²) in [6.07, 6.45) is 4.33. The maximum absolute atomic E-state index is 11.5. The molecule has 0 atom stereocenters. The topological polar surface area (TPSA) is 85.3 Å². The second kappa shape index (κ2) is 9.01. The van der Waals surface area contributed by atoms with Crippen LogP contribution in [0.15, 0.2) is 53.6 Å². The average molecular weight is 438 g/mol. The van der Waals surface area contributed by atoms with E-state index >= 15 is 0 Å². The number of aromatic amines is 1. The second-order valence-corrected chi connectivity index (χ2v) is 8.44. The highest BCUT2D eigenvalue weighted by atomic mass is 32.1. The number of pyridine rings is 1. The predicted octanol–water partition coefficient (Wildman–Crippen LogP) is 2.47. The first-order valence-electron chi connectivity index (χ1n) is 10.3. The van der Waals surface area contributed by atoms with Crippen molar-refractivity contribution in [1.29, 1.82) is 0 Å². The Hall–Kier alpha value is -3.01. The van der Waals surface area contributed by atoms with Gasteiger partial charge in [0.05, 0.1) is 35.3 Å². The smallest absolute Gasteiger partial charge is 0.305 e. The molecule has 0 bridgehead atoms. The Morgan fingerprint density at radius 3 is 2.90 bits per heavy atom. The number of aromatic nitrogens is 4. The molecule has 31 heavy (non-hydrogen) atoms. The summed E-state index contributed by atoms with van der Waals surface area (Å²) in [5, 5.41) is 4.64. The molecule has 0 amide bonds. The molecule has 1 fully saturated rings. The van der Waals surface area contributed by atoms with Gasteiger partial charge >= 0.3 is 4.87 Å². The zero-order valence-corrected chi connectivity index (χ0v) is 17.8. The minimum atomic E-state index is -0.0315. The van der Waals surface area contributed by atoms with E-state index in [1.165, 1.54) is 11.3 Å². The molecule has 4 aromatic rings. The summed E-state index contributed by atoms with van der Waals surface area (Å²) in [4.78, 5) is 21.1. The van der Waals surface area contributed by atoms with Crippen LogP contribution in [0.4, 0.5) is 0 Å². The van der Waals surface area contributed by atoms with Crippen LogP contribution < -0.4 is 9.61 Å². The van der Waals surface area contributed by atoms with Crippen molar-refractivity contribution in [3.8, 4) is 11.6 Å². The number of morpholine rings is 1. The third kappa shape index (κ3) is 4.84. The van der Waals surface area contributed by atoms with Gasteiger partial charge in [-0.2, -0.15) is 5.10 Å². The van der Waals surface area contributed by atoms with Crippen molar-refractivity contribution in [2.24, 2.45) is 0 Å². The molecule has 1 aliphatic rings. The van der Waals surface area contributed by atoms with Gasteiger partial charge in [-0.3, -0.25) is 9.69 Å². The number of H-pyrrole nitrogens is 1. The first-order valence-corrected chi connectivity index (χ1v) is 11.1. The number of fused-ring (bicyclic) bond motifs is 1. The lowest BCUT2D eigenvalue weighted by Gasteiger charge is -2.26. The number of nitrogens with zero attached hydrogens (tertiary/aromatic N) is 4. The van der Waals surface area contributed by atoms with Gasteiger partial charge in [0.15, 0.2) is 5.82 Å². The zero-order valence-electron chi connectivity index (χ0n) is 17.0. The molecule has 3 aromatic heterocycles. The number of hydrogen-bond donors (Lipinski definition) is 1. The van der Waals surface area contributed by atoms with E-state index in [1.54, 1.807) is 10.9 Å². The maximum Gasteiger partial charge on any atom is 0.305 e. The Labute approximate surface area is 183 Å². The Morgan fingerprint density at radius 2 is 2.06 bits per heavy atom. The third-order valence-corrected chi connectivity index (χ3v) is 6.10. The van der Waals surface area contributed by atoms with Gasteiger partial charge in [0.25, 0.3) is 0 Å². The molecule has 0 aliphatic carbocycles. The number of rotatable bonds is 7. The van der Waals surface area contributed by atoms with E-state index in [9.17, 15) is 4.79 Å². The lowest BCUT2D eigenvalue weighted by molar-refractivity contribution is 0.0322. The summed E-state index contributed by atoms with van der Waals surface area (Å²) in [7, 11) is 0. The zero-order chi connectivity index (χ0) is 21.0. The Bertz CT molecular complexity index is 1210. The SMILES string of the molecule is O=c1[nH]c2ccc(Cc3ccn(-c4ccc(OCCN5CCOCC5)cn4)n3)cc2s1. The number of thiazole rings is 1. The van der Waals surface area contributed by atoms with Crippen molar-refractivity contribution < 1.29 is 9.47 Å². The molecule has 4 heterocycles. The van der Waals surface area contributed by atoms with Gasteiger partial charge in [0, 0.05) is 32.3 Å². The standard InChI is InChI=1S/C22H23N5O3S/c28-22-24-19-3-1-16(14-20(19)31-22)13-17-5-6-27(25-17)21-4-2-18(15-23-21)30-12-9-26-7-10-29-11-8-26/h1-6,14-15H,7-13H2,(H,24,28). The van der Waals surface area contributed by atoms with Gasteiger partial charge in [-0.25, -0.2) is 9.67 Å². The highest BCUT2D eigenvalue weighted by Crippen LogP contribution is 2.19. The summed E-state index contributed by atoms with van der Waals surface area (Å²) >= 11 is 1.23. The quantitative estimate of drug-likeness (QED) is 0.478. The first-order chi connectivity index (χ1) is 15.2. The van der Waals surface area contributed by atoms with Gasteiger partial charge in [-0.05, 0) is 35.9 Å². The molecule has 0 spiro atoms. The van der Waals surface area contributed by atoms with Crippen molar-refractivity contribution in [3.05, 3.63) is 69.7 Å². The molecule has 9 heteroatoms. The lowest BCUT2D eigenvalue weighted by Crippen LogP contribution is -2.38. The molecule has 5 rings (SSSR count). The van der Waals surface area contributed by atoms with E-state index in [4.69, 9.17) is 9.47 Å². The van der Waals surface area contributed by atoms with Crippen LogP contribution in [0.5, 0.6) is 5.75 Å². The van der Waals surface area contributed by atoms with Crippen LogP contribution in [0.1, 0.15) is 11.3 Å². The molecule has 8 nitrogen and oxygen atoms in total. The number of ether oxygens (including phenoxy) is 2. The molecule has 1 aromatic carbocycles. The van der Waals surface area contributed by atoms with Gasteiger partial charge in [-0.1, -0.05) is 17.4 Å². The van der Waals surface area contributed by atoms with E-state index in [0.717, 1.165) is 65.9 Å². The van der Waals surface area contributed by atoms with Crippen molar-refractivity contribution in [1.82, 2.24) is 24.6 Å². The molecule has 0 unspecified atom stereocenters. The monoisotopic (exact) mass is 437 g/mol. The van der Waals surface area contributed by atoms with Crippen molar-refractivity contribution in [3.63, 3.8) is 0 Å². The van der Waals surface area contributed by atoms with Crippen molar-refractivity contribution in [2.75, 3.05) is 39.5 Å². The highest BCUT2D eigenvalue weighted by molar-refractivity contribution is 7.16. The van der Waals surface area contributed by atoms with Crippen LogP contribution >= 0.6 is 11.3 Å². The van der Waals surface area contributed by atoms with Crippen LogP contribution in [0, 0.1) is 0 Å². The summed E-state index contributed by atoms with van der Waals surface area (Å²) in [6, 6.07) is 11.8. The maximum atomic E-state index is 11.5. The van der Waals surface area contributed by atoms with E-state index in [2.05, 4.69) is 20.0 Å². The second-order valence-electron chi connectivity index (χ2n) is 7.43. The van der Waals surface area contributed by atoms with E-state index in [1.807, 2.05) is 42.6 Å². The molecular formula is C22H23N5O3S. The minimum absolute atomic E-state index is 0.0315. The van der Waals surface area contributed by atoms with Crippen LogP contribution in [-0.2, 0) is 11.2 Å². The first kappa shape index (κ1) is 19.9. The van der Waals surface area contributed by atoms with Crippen molar-refractivity contribution in [2.45, 2.75) is 6.42 Å². The summed E-state index contributed by atoms with van der Waals surface area (Å²) in [6.45, 7) is 5.03. The highest BCUT2D eigenvalue weighted by Gasteiger charge is 2.10. The molecule has 0 radical (unpaired) electrons. The normalized spacial score (nSPS) is 14.8. The Balaban J connectivity index is 1.19. The molecule has 160 valence electrons. The average Bonchev–Trinajstić information content (AvgIpc) is 3.40. The molecule has 1 N–H and O–H groups in total. The van der Waals surface area contributed by atoms with E-state index in [-0.39, 0.29) is 4.87 Å². The fourth-order valence-electron chi connectivity index (χ4n) is 3.60. The van der Waals surface area contributed by atoms with Gasteiger partial charge in [0.1, 0.15) is 12.4 Å². The molecule has 0 saturated carbocycles. The number of benzene rings is 1. The number of hydrogen-bond acceptors (Lipinski definition) is 7. The van der Waals surface area contributed by atoms with Crippen LogP contribution in [0.25, 0.3) is 16.0 Å². The fourth-order valence-corrected chi connectivity index (χ4v) is 4.40. The van der Waals surface area contributed by atoms with Gasteiger partial charge < -0.3 is 14.5 Å². The van der Waals surface area contributed by atoms with Crippen LogP contribution in [-0.4, -0.2) is 64.1 Å². The minimum Gasteiger partial charge on any atom is -0.491 e. The summed E-state index contributed by atoms with van der Waals surface area (Å²) in [5.41, 5.74) is 2.93. The largest absolute Gasteiger partial charge is 0.491 e. The molecule has 1 aliphatic heterocycles. The van der Waals surface area contributed by atoms with E-state index in [0.29, 0.717) is 13.0 Å². The Kier molecular flexibility index (Phi) is 5.79. The fraction of sp³-hybridized carbons (Fsp3) is 0.318. The van der Waals surface area contributed by atoms with Crippen LogP contribution in [0.3, 0.4) is 0 Å².